The Morgan fingerprint density at radius 1 is 1.04 bits per heavy atom. The Labute approximate surface area is 154 Å². The number of carbonyl (C=O) groups excluding carboxylic acids is 2. The maximum absolute atomic E-state index is 12.6. The highest BCUT2D eigenvalue weighted by Gasteiger charge is 2.19. The molecule has 1 heterocycles. The van der Waals surface area contributed by atoms with Gasteiger partial charge in [-0.05, 0) is 49.9 Å². The molecule has 2 aromatic rings. The van der Waals surface area contributed by atoms with Gasteiger partial charge in [0.05, 0.1) is 0 Å². The van der Waals surface area contributed by atoms with E-state index in [1.807, 2.05) is 36.1 Å². The molecule has 2 amide bonds. The van der Waals surface area contributed by atoms with Crippen molar-refractivity contribution in [3.8, 4) is 0 Å². The van der Waals surface area contributed by atoms with Gasteiger partial charge in [0.15, 0.2) is 0 Å². The molecule has 26 heavy (non-hydrogen) atoms. The Hall–Kier alpha value is -2.66. The summed E-state index contributed by atoms with van der Waals surface area (Å²) >= 11 is 0. The van der Waals surface area contributed by atoms with Gasteiger partial charge in [-0.15, -0.1) is 0 Å². The minimum Gasteiger partial charge on any atom is -0.339 e. The van der Waals surface area contributed by atoms with E-state index in [1.54, 1.807) is 24.3 Å². The topological polar surface area (TPSA) is 75.4 Å². The van der Waals surface area contributed by atoms with Crippen molar-refractivity contribution in [2.24, 2.45) is 5.73 Å². The van der Waals surface area contributed by atoms with Crippen LogP contribution >= 0.6 is 0 Å². The van der Waals surface area contributed by atoms with Crippen molar-refractivity contribution >= 4 is 17.5 Å². The van der Waals surface area contributed by atoms with Crippen molar-refractivity contribution in [3.63, 3.8) is 0 Å². The smallest absolute Gasteiger partial charge is 0.253 e. The van der Waals surface area contributed by atoms with E-state index < -0.39 is 6.04 Å². The largest absolute Gasteiger partial charge is 0.339 e. The van der Waals surface area contributed by atoms with Crippen LogP contribution in [-0.2, 0) is 4.79 Å². The molecule has 0 radical (unpaired) electrons. The van der Waals surface area contributed by atoms with E-state index in [4.69, 9.17) is 5.73 Å². The molecule has 5 heteroatoms. The lowest BCUT2D eigenvalue weighted by molar-refractivity contribution is -0.117. The number of hydrogen-bond donors (Lipinski definition) is 2. The highest BCUT2D eigenvalue weighted by atomic mass is 16.2. The molecule has 0 spiro atoms. The molecule has 1 saturated heterocycles. The van der Waals surface area contributed by atoms with Crippen molar-refractivity contribution in [2.45, 2.75) is 32.2 Å². The predicted octanol–water partition coefficient (Wildman–Crippen LogP) is 3.26. The molecular formula is C21H25N3O2. The van der Waals surface area contributed by atoms with Crippen molar-refractivity contribution in [3.05, 3.63) is 65.2 Å². The molecule has 0 aliphatic carbocycles. The van der Waals surface area contributed by atoms with Gasteiger partial charge in [-0.1, -0.05) is 35.9 Å². The lowest BCUT2D eigenvalue weighted by Crippen LogP contribution is -2.35. The number of rotatable bonds is 4. The minimum atomic E-state index is -0.753. The van der Waals surface area contributed by atoms with E-state index in [0.717, 1.165) is 37.1 Å². The van der Waals surface area contributed by atoms with E-state index in [2.05, 4.69) is 5.32 Å². The summed E-state index contributed by atoms with van der Waals surface area (Å²) in [6.45, 7) is 3.58. The number of nitrogens with one attached hydrogen (secondary N) is 1. The number of benzene rings is 2. The molecule has 0 aromatic heterocycles. The molecule has 3 rings (SSSR count). The van der Waals surface area contributed by atoms with Crippen LogP contribution < -0.4 is 11.1 Å². The first-order valence-corrected chi connectivity index (χ1v) is 9.07. The summed E-state index contributed by atoms with van der Waals surface area (Å²) in [6, 6.07) is 13.9. The Morgan fingerprint density at radius 2 is 1.73 bits per heavy atom. The Morgan fingerprint density at radius 3 is 2.42 bits per heavy atom. The molecule has 1 aliphatic rings. The first kappa shape index (κ1) is 18.1. The number of anilines is 1. The van der Waals surface area contributed by atoms with E-state index in [9.17, 15) is 9.59 Å². The molecule has 5 nitrogen and oxygen atoms in total. The summed E-state index contributed by atoms with van der Waals surface area (Å²) < 4.78 is 0. The average Bonchev–Trinajstić information content (AvgIpc) is 2.68. The third-order valence-electron chi connectivity index (χ3n) is 4.74. The monoisotopic (exact) mass is 351 g/mol. The molecule has 1 atom stereocenters. The molecule has 0 saturated carbocycles. The zero-order valence-electron chi connectivity index (χ0n) is 15.1. The van der Waals surface area contributed by atoms with Gasteiger partial charge in [0.2, 0.25) is 5.91 Å². The first-order chi connectivity index (χ1) is 12.5. The molecule has 2 aromatic carbocycles. The van der Waals surface area contributed by atoms with E-state index in [1.165, 1.54) is 6.42 Å². The van der Waals surface area contributed by atoms with Gasteiger partial charge in [-0.3, -0.25) is 9.59 Å². The van der Waals surface area contributed by atoms with Crippen molar-refractivity contribution in [2.75, 3.05) is 18.4 Å². The fourth-order valence-corrected chi connectivity index (χ4v) is 3.15. The van der Waals surface area contributed by atoms with Crippen molar-refractivity contribution in [1.29, 1.82) is 0 Å². The lowest BCUT2D eigenvalue weighted by atomic mass is 10.0. The molecule has 1 aliphatic heterocycles. The summed E-state index contributed by atoms with van der Waals surface area (Å²) in [5.41, 5.74) is 9.11. The average molecular weight is 351 g/mol. The summed E-state index contributed by atoms with van der Waals surface area (Å²) in [7, 11) is 0. The van der Waals surface area contributed by atoms with Gasteiger partial charge in [0.1, 0.15) is 6.04 Å². The number of aryl methyl sites for hydroxylation is 1. The predicted molar refractivity (Wildman–Crippen MR) is 103 cm³/mol. The summed E-state index contributed by atoms with van der Waals surface area (Å²) in [4.78, 5) is 26.9. The fourth-order valence-electron chi connectivity index (χ4n) is 3.15. The van der Waals surface area contributed by atoms with Gasteiger partial charge in [0, 0.05) is 24.3 Å². The van der Waals surface area contributed by atoms with Gasteiger partial charge in [-0.25, -0.2) is 0 Å². The van der Waals surface area contributed by atoms with Crippen LogP contribution in [0.1, 0.15) is 46.8 Å². The van der Waals surface area contributed by atoms with E-state index in [0.29, 0.717) is 11.3 Å². The second kappa shape index (κ2) is 8.15. The third kappa shape index (κ3) is 4.29. The number of hydrogen-bond acceptors (Lipinski definition) is 3. The number of nitrogens with two attached hydrogens (primary N) is 1. The number of piperidine rings is 1. The molecule has 1 fully saturated rings. The molecule has 3 N–H and O–H groups in total. The standard InChI is InChI=1S/C21H25N3O2/c1-15-8-10-16(11-9-15)19(22)20(25)23-18-7-5-6-17(14-18)21(26)24-12-3-2-4-13-24/h5-11,14,19H,2-4,12-13,22H2,1H3,(H,23,25). The second-order valence-electron chi connectivity index (χ2n) is 6.81. The summed E-state index contributed by atoms with van der Waals surface area (Å²) in [5, 5.41) is 2.82. The molecular weight excluding hydrogens is 326 g/mol. The van der Waals surface area contributed by atoms with Crippen LogP contribution in [0.3, 0.4) is 0 Å². The highest BCUT2D eigenvalue weighted by molar-refractivity contribution is 5.98. The van der Waals surface area contributed by atoms with Crippen LogP contribution in [0.15, 0.2) is 48.5 Å². The normalized spacial score (nSPS) is 15.4. The SMILES string of the molecule is Cc1ccc(C(N)C(=O)Nc2cccc(C(=O)N3CCCCC3)c2)cc1. The highest BCUT2D eigenvalue weighted by Crippen LogP contribution is 2.18. The van der Waals surface area contributed by atoms with Crippen LogP contribution in [0.4, 0.5) is 5.69 Å². The third-order valence-corrected chi connectivity index (χ3v) is 4.74. The number of amides is 2. The zero-order valence-corrected chi connectivity index (χ0v) is 15.1. The maximum atomic E-state index is 12.6. The quantitative estimate of drug-likeness (QED) is 0.888. The second-order valence-corrected chi connectivity index (χ2v) is 6.81. The van der Waals surface area contributed by atoms with Gasteiger partial charge < -0.3 is 16.0 Å². The maximum Gasteiger partial charge on any atom is 0.253 e. The van der Waals surface area contributed by atoms with Crippen LogP contribution in [0, 0.1) is 6.92 Å². The van der Waals surface area contributed by atoms with Gasteiger partial charge in [0.25, 0.3) is 5.91 Å². The van der Waals surface area contributed by atoms with Crippen molar-refractivity contribution in [1.82, 2.24) is 4.90 Å². The Kier molecular flexibility index (Phi) is 5.68. The zero-order chi connectivity index (χ0) is 18.5. The van der Waals surface area contributed by atoms with Crippen molar-refractivity contribution < 1.29 is 9.59 Å². The van der Waals surface area contributed by atoms with Crippen LogP contribution in [0.2, 0.25) is 0 Å². The number of nitrogens with zero attached hydrogens (tertiary/aromatic N) is 1. The first-order valence-electron chi connectivity index (χ1n) is 9.07. The lowest BCUT2D eigenvalue weighted by Gasteiger charge is -2.26. The molecule has 0 bridgehead atoms. The Balaban J connectivity index is 1.68. The van der Waals surface area contributed by atoms with E-state index in [-0.39, 0.29) is 11.8 Å². The van der Waals surface area contributed by atoms with Crippen LogP contribution in [0.25, 0.3) is 0 Å². The van der Waals surface area contributed by atoms with E-state index >= 15 is 0 Å². The molecule has 136 valence electrons. The summed E-state index contributed by atoms with van der Waals surface area (Å²) in [5.74, 6) is -0.278. The molecule has 1 unspecified atom stereocenters. The fraction of sp³-hybridized carbons (Fsp3) is 0.333. The Bertz CT molecular complexity index is 780. The van der Waals surface area contributed by atoms with Gasteiger partial charge in [-0.2, -0.15) is 0 Å². The summed E-state index contributed by atoms with van der Waals surface area (Å²) in [6.07, 6.45) is 3.28. The van der Waals surface area contributed by atoms with Crippen LogP contribution in [0.5, 0.6) is 0 Å². The minimum absolute atomic E-state index is 0.0173. The van der Waals surface area contributed by atoms with Gasteiger partial charge >= 0.3 is 0 Å². The number of carbonyl (C=O) groups is 2. The number of likely N-dealkylation sites (tertiary alicyclic amines) is 1. The van der Waals surface area contributed by atoms with Crippen LogP contribution in [-0.4, -0.2) is 29.8 Å².